The van der Waals surface area contributed by atoms with Crippen LogP contribution in [-0.4, -0.2) is 12.6 Å². The predicted octanol–water partition coefficient (Wildman–Crippen LogP) is 4.83. The SMILES string of the molecule is CCCNC(Cc1cccc(Cl)c1)CC1CCCC1. The summed E-state index contributed by atoms with van der Waals surface area (Å²) in [6, 6.07) is 8.93. The third-order valence-electron chi connectivity index (χ3n) is 4.15. The molecule has 1 saturated carbocycles. The van der Waals surface area contributed by atoms with Crippen LogP contribution in [0.25, 0.3) is 0 Å². The Morgan fingerprint density at radius 1 is 1.32 bits per heavy atom. The van der Waals surface area contributed by atoms with Gasteiger partial charge in [-0.25, -0.2) is 0 Å². The molecule has 1 aliphatic carbocycles. The van der Waals surface area contributed by atoms with Crippen LogP contribution < -0.4 is 5.32 Å². The number of benzene rings is 1. The van der Waals surface area contributed by atoms with E-state index >= 15 is 0 Å². The zero-order chi connectivity index (χ0) is 13.5. The molecule has 19 heavy (non-hydrogen) atoms. The van der Waals surface area contributed by atoms with E-state index in [0.29, 0.717) is 6.04 Å². The quantitative estimate of drug-likeness (QED) is 0.754. The fourth-order valence-electron chi connectivity index (χ4n) is 3.18. The maximum atomic E-state index is 6.08. The van der Waals surface area contributed by atoms with Crippen molar-refractivity contribution >= 4 is 11.6 Å². The fraction of sp³-hybridized carbons (Fsp3) is 0.647. The first-order valence-corrected chi connectivity index (χ1v) is 8.13. The number of halogens is 1. The molecule has 0 saturated heterocycles. The summed E-state index contributed by atoms with van der Waals surface area (Å²) >= 11 is 6.08. The van der Waals surface area contributed by atoms with Gasteiger partial charge in [0.2, 0.25) is 0 Å². The average Bonchev–Trinajstić information content (AvgIpc) is 2.89. The molecule has 1 nitrogen and oxygen atoms in total. The van der Waals surface area contributed by atoms with Crippen LogP contribution in [0.5, 0.6) is 0 Å². The van der Waals surface area contributed by atoms with Gasteiger partial charge in [0, 0.05) is 11.1 Å². The van der Waals surface area contributed by atoms with Crippen LogP contribution in [0.4, 0.5) is 0 Å². The van der Waals surface area contributed by atoms with E-state index in [-0.39, 0.29) is 0 Å². The van der Waals surface area contributed by atoms with Crippen molar-refractivity contribution in [3.05, 3.63) is 34.9 Å². The highest BCUT2D eigenvalue weighted by molar-refractivity contribution is 6.30. The molecule has 0 aliphatic heterocycles. The normalized spacial score (nSPS) is 17.8. The second-order valence-corrected chi connectivity index (χ2v) is 6.31. The first kappa shape index (κ1) is 14.9. The van der Waals surface area contributed by atoms with E-state index in [1.54, 1.807) is 0 Å². The Morgan fingerprint density at radius 2 is 2.11 bits per heavy atom. The lowest BCUT2D eigenvalue weighted by Crippen LogP contribution is -2.33. The molecule has 0 radical (unpaired) electrons. The molecule has 1 N–H and O–H groups in total. The van der Waals surface area contributed by atoms with Gasteiger partial charge in [-0.05, 0) is 49.4 Å². The monoisotopic (exact) mass is 279 g/mol. The van der Waals surface area contributed by atoms with Crippen LogP contribution in [0.15, 0.2) is 24.3 Å². The Bertz CT molecular complexity index is 371. The maximum absolute atomic E-state index is 6.08. The number of rotatable bonds is 7. The Hall–Kier alpha value is -0.530. The summed E-state index contributed by atoms with van der Waals surface area (Å²) in [4.78, 5) is 0. The van der Waals surface area contributed by atoms with E-state index in [0.717, 1.165) is 23.9 Å². The summed E-state index contributed by atoms with van der Waals surface area (Å²) in [7, 11) is 0. The Balaban J connectivity index is 1.92. The number of nitrogens with one attached hydrogen (secondary N) is 1. The summed E-state index contributed by atoms with van der Waals surface area (Å²) in [5.74, 6) is 0.938. The lowest BCUT2D eigenvalue weighted by molar-refractivity contribution is 0.385. The minimum Gasteiger partial charge on any atom is -0.314 e. The van der Waals surface area contributed by atoms with Crippen molar-refractivity contribution in [1.82, 2.24) is 5.32 Å². The Labute approximate surface area is 122 Å². The van der Waals surface area contributed by atoms with Gasteiger partial charge in [-0.2, -0.15) is 0 Å². The van der Waals surface area contributed by atoms with E-state index in [9.17, 15) is 0 Å². The standard InChI is InChI=1S/C17H26ClN/c1-2-10-19-17(12-14-6-3-4-7-14)13-15-8-5-9-16(18)11-15/h5,8-9,11,14,17,19H,2-4,6-7,10,12-13H2,1H3. The van der Waals surface area contributed by atoms with Crippen molar-refractivity contribution in [1.29, 1.82) is 0 Å². The van der Waals surface area contributed by atoms with Gasteiger partial charge >= 0.3 is 0 Å². The molecule has 0 bridgehead atoms. The first-order valence-electron chi connectivity index (χ1n) is 7.75. The highest BCUT2D eigenvalue weighted by atomic mass is 35.5. The van der Waals surface area contributed by atoms with Gasteiger partial charge in [-0.15, -0.1) is 0 Å². The van der Waals surface area contributed by atoms with E-state index in [4.69, 9.17) is 11.6 Å². The molecule has 1 aromatic carbocycles. The smallest absolute Gasteiger partial charge is 0.0408 e. The molecule has 0 spiro atoms. The summed E-state index contributed by atoms with van der Waals surface area (Å²) in [6.45, 7) is 3.36. The molecule has 0 heterocycles. The minimum atomic E-state index is 0.613. The van der Waals surface area contributed by atoms with Crippen LogP contribution in [-0.2, 0) is 6.42 Å². The summed E-state index contributed by atoms with van der Waals surface area (Å²) < 4.78 is 0. The van der Waals surface area contributed by atoms with Gasteiger partial charge in [0.05, 0.1) is 0 Å². The second kappa shape index (κ2) is 7.91. The third-order valence-corrected chi connectivity index (χ3v) is 4.38. The van der Waals surface area contributed by atoms with Crippen molar-refractivity contribution in [2.45, 2.75) is 57.9 Å². The second-order valence-electron chi connectivity index (χ2n) is 5.87. The predicted molar refractivity (Wildman–Crippen MR) is 83.8 cm³/mol. The molecule has 1 aromatic rings. The van der Waals surface area contributed by atoms with Crippen molar-refractivity contribution in [2.24, 2.45) is 5.92 Å². The third kappa shape index (κ3) is 5.16. The molecule has 1 fully saturated rings. The van der Waals surface area contributed by atoms with E-state index in [1.165, 1.54) is 44.1 Å². The van der Waals surface area contributed by atoms with E-state index in [2.05, 4.69) is 30.4 Å². The van der Waals surface area contributed by atoms with Gasteiger partial charge in [-0.3, -0.25) is 0 Å². The molecule has 1 aliphatic rings. The molecular weight excluding hydrogens is 254 g/mol. The zero-order valence-electron chi connectivity index (χ0n) is 12.0. The molecule has 106 valence electrons. The van der Waals surface area contributed by atoms with Gasteiger partial charge in [-0.1, -0.05) is 56.3 Å². The minimum absolute atomic E-state index is 0.613. The van der Waals surface area contributed by atoms with Crippen molar-refractivity contribution in [3.8, 4) is 0 Å². The van der Waals surface area contributed by atoms with E-state index < -0.39 is 0 Å². The number of hydrogen-bond acceptors (Lipinski definition) is 1. The van der Waals surface area contributed by atoms with Crippen LogP contribution in [0, 0.1) is 5.92 Å². The van der Waals surface area contributed by atoms with Crippen molar-refractivity contribution < 1.29 is 0 Å². The van der Waals surface area contributed by atoms with Gasteiger partial charge in [0.1, 0.15) is 0 Å². The average molecular weight is 280 g/mol. The Kier molecular flexibility index (Phi) is 6.19. The maximum Gasteiger partial charge on any atom is 0.0408 e. The molecule has 1 atom stereocenters. The molecular formula is C17H26ClN. The highest BCUT2D eigenvalue weighted by Crippen LogP contribution is 2.29. The van der Waals surface area contributed by atoms with E-state index in [1.807, 2.05) is 6.07 Å². The summed E-state index contributed by atoms with van der Waals surface area (Å²) in [5, 5.41) is 4.58. The van der Waals surface area contributed by atoms with Crippen LogP contribution in [0.3, 0.4) is 0 Å². The lowest BCUT2D eigenvalue weighted by atomic mass is 9.94. The first-order chi connectivity index (χ1) is 9.28. The van der Waals surface area contributed by atoms with Crippen molar-refractivity contribution in [3.63, 3.8) is 0 Å². The van der Waals surface area contributed by atoms with Crippen LogP contribution in [0.2, 0.25) is 5.02 Å². The molecule has 0 aromatic heterocycles. The topological polar surface area (TPSA) is 12.0 Å². The van der Waals surface area contributed by atoms with Gasteiger partial charge in [0.25, 0.3) is 0 Å². The fourth-order valence-corrected chi connectivity index (χ4v) is 3.40. The van der Waals surface area contributed by atoms with Gasteiger partial charge in [0.15, 0.2) is 0 Å². The van der Waals surface area contributed by atoms with Gasteiger partial charge < -0.3 is 5.32 Å². The molecule has 2 rings (SSSR count). The largest absolute Gasteiger partial charge is 0.314 e. The lowest BCUT2D eigenvalue weighted by Gasteiger charge is -2.22. The Morgan fingerprint density at radius 3 is 2.79 bits per heavy atom. The molecule has 0 amide bonds. The summed E-state index contributed by atoms with van der Waals surface area (Å²) in [6.07, 6.45) is 9.37. The number of hydrogen-bond donors (Lipinski definition) is 1. The van der Waals surface area contributed by atoms with Crippen LogP contribution in [0.1, 0.15) is 51.0 Å². The highest BCUT2D eigenvalue weighted by Gasteiger charge is 2.20. The summed E-state index contributed by atoms with van der Waals surface area (Å²) in [5.41, 5.74) is 1.36. The van der Waals surface area contributed by atoms with Crippen LogP contribution >= 0.6 is 11.6 Å². The molecule has 2 heteroatoms. The zero-order valence-corrected chi connectivity index (χ0v) is 12.8. The van der Waals surface area contributed by atoms with Crippen molar-refractivity contribution in [2.75, 3.05) is 6.54 Å². The molecule has 1 unspecified atom stereocenters.